The molecule has 24 heavy (non-hydrogen) atoms. The summed E-state index contributed by atoms with van der Waals surface area (Å²) in [6.07, 6.45) is 1.51. The van der Waals surface area contributed by atoms with E-state index in [1.54, 1.807) is 4.90 Å². The highest BCUT2D eigenvalue weighted by Crippen LogP contribution is 2.42. The number of likely N-dealkylation sites (tertiary alicyclic amines) is 1. The molecule has 0 aliphatic carbocycles. The number of carbonyl (C=O) groups excluding carboxylic acids is 1. The summed E-state index contributed by atoms with van der Waals surface area (Å²) in [4.78, 5) is 18.5. The fraction of sp³-hybridized carbons (Fsp3) is 0.412. The highest BCUT2D eigenvalue weighted by atomic mass is 32.1. The molecule has 1 aliphatic heterocycles. The van der Waals surface area contributed by atoms with Gasteiger partial charge in [-0.15, -0.1) is 11.3 Å². The zero-order chi connectivity index (χ0) is 17.2. The fourth-order valence-corrected chi connectivity index (χ4v) is 4.04. The minimum Gasteiger partial charge on any atom is -0.394 e. The summed E-state index contributed by atoms with van der Waals surface area (Å²) in [5, 5.41) is 11.7. The largest absolute Gasteiger partial charge is 0.394 e. The number of hydrogen-bond donors (Lipinski definition) is 3. The normalized spacial score (nSPS) is 18.3. The summed E-state index contributed by atoms with van der Waals surface area (Å²) in [6, 6.07) is 9.40. The molecule has 1 atom stereocenters. The van der Waals surface area contributed by atoms with E-state index >= 15 is 0 Å². The number of anilines is 1. The summed E-state index contributed by atoms with van der Waals surface area (Å²) in [7, 11) is 0. The van der Waals surface area contributed by atoms with Crippen LogP contribution in [0.15, 0.2) is 35.7 Å². The van der Waals surface area contributed by atoms with Crippen LogP contribution in [0, 0.1) is 0 Å². The average Bonchev–Trinajstić information content (AvgIpc) is 3.08. The van der Waals surface area contributed by atoms with Crippen molar-refractivity contribution in [2.45, 2.75) is 24.3 Å². The van der Waals surface area contributed by atoms with Crippen LogP contribution in [0.2, 0.25) is 0 Å². The van der Waals surface area contributed by atoms with Crippen LogP contribution in [0.4, 0.5) is 5.13 Å². The molecule has 0 bridgehead atoms. The van der Waals surface area contributed by atoms with E-state index in [0.29, 0.717) is 18.2 Å². The maximum atomic E-state index is 12.2. The molecule has 5 N–H and O–H groups in total. The van der Waals surface area contributed by atoms with Crippen LogP contribution in [0.3, 0.4) is 0 Å². The van der Waals surface area contributed by atoms with E-state index in [9.17, 15) is 4.79 Å². The van der Waals surface area contributed by atoms with Crippen molar-refractivity contribution in [3.63, 3.8) is 0 Å². The molecule has 2 aromatic rings. The second-order valence-corrected chi connectivity index (χ2v) is 7.02. The molecule has 3 rings (SSSR count). The molecule has 1 fully saturated rings. The first kappa shape index (κ1) is 16.9. The molecule has 0 spiro atoms. The molecule has 128 valence electrons. The quantitative estimate of drug-likeness (QED) is 0.764. The molecule has 1 aliphatic rings. The first-order chi connectivity index (χ1) is 11.6. The predicted octanol–water partition coefficient (Wildman–Crippen LogP) is 0.953. The van der Waals surface area contributed by atoms with Gasteiger partial charge in [-0.3, -0.25) is 4.79 Å². The summed E-state index contributed by atoms with van der Waals surface area (Å²) in [5.41, 5.74) is 13.4. The Hall–Kier alpha value is -1.96. The number of aliphatic hydroxyl groups is 1. The Morgan fingerprint density at radius 1 is 1.33 bits per heavy atom. The molecule has 1 aromatic heterocycles. The summed E-state index contributed by atoms with van der Waals surface area (Å²) < 4.78 is 0. The van der Waals surface area contributed by atoms with Gasteiger partial charge in [0.15, 0.2) is 5.13 Å². The Kier molecular flexibility index (Phi) is 4.84. The second-order valence-electron chi connectivity index (χ2n) is 6.13. The summed E-state index contributed by atoms with van der Waals surface area (Å²) in [5.74, 6) is -0.197. The number of nitrogens with zero attached hydrogens (tertiary/aromatic N) is 2. The van der Waals surface area contributed by atoms with E-state index in [2.05, 4.69) is 17.1 Å². The van der Waals surface area contributed by atoms with Crippen molar-refractivity contribution in [1.29, 1.82) is 0 Å². The van der Waals surface area contributed by atoms with Crippen molar-refractivity contribution >= 4 is 22.4 Å². The number of thiazole rings is 1. The first-order valence-corrected chi connectivity index (χ1v) is 8.87. The molecule has 6 nitrogen and oxygen atoms in total. The van der Waals surface area contributed by atoms with Crippen molar-refractivity contribution in [3.05, 3.63) is 47.0 Å². The molecule has 1 saturated heterocycles. The zero-order valence-electron chi connectivity index (χ0n) is 13.4. The fourth-order valence-electron chi connectivity index (χ4n) is 3.38. The van der Waals surface area contributed by atoms with Gasteiger partial charge in [-0.25, -0.2) is 4.98 Å². The van der Waals surface area contributed by atoms with Gasteiger partial charge in [-0.05, 0) is 18.4 Å². The maximum absolute atomic E-state index is 12.2. The smallest absolute Gasteiger partial charge is 0.241 e. The number of nitrogen functional groups attached to an aromatic ring is 1. The van der Waals surface area contributed by atoms with Gasteiger partial charge in [-0.1, -0.05) is 30.3 Å². The van der Waals surface area contributed by atoms with E-state index in [1.807, 2.05) is 23.6 Å². The number of amides is 1. The lowest BCUT2D eigenvalue weighted by atomic mass is 9.70. The van der Waals surface area contributed by atoms with Gasteiger partial charge in [0, 0.05) is 23.9 Å². The zero-order valence-corrected chi connectivity index (χ0v) is 14.2. The van der Waals surface area contributed by atoms with Crippen molar-refractivity contribution in [2.24, 2.45) is 5.73 Å². The third-order valence-corrected chi connectivity index (χ3v) is 5.46. The third kappa shape index (κ3) is 3.02. The Morgan fingerprint density at radius 3 is 2.54 bits per heavy atom. The Bertz CT molecular complexity index is 696. The second kappa shape index (κ2) is 6.88. The predicted molar refractivity (Wildman–Crippen MR) is 94.6 cm³/mol. The van der Waals surface area contributed by atoms with Crippen LogP contribution < -0.4 is 11.5 Å². The Balaban J connectivity index is 1.89. The van der Waals surface area contributed by atoms with Crippen molar-refractivity contribution in [3.8, 4) is 0 Å². The van der Waals surface area contributed by atoms with Crippen molar-refractivity contribution in [1.82, 2.24) is 9.88 Å². The highest BCUT2D eigenvalue weighted by molar-refractivity contribution is 7.13. The molecule has 0 radical (unpaired) electrons. The Morgan fingerprint density at radius 2 is 2.00 bits per heavy atom. The number of benzene rings is 1. The third-order valence-electron chi connectivity index (χ3n) is 4.78. The van der Waals surface area contributed by atoms with E-state index in [1.165, 1.54) is 16.9 Å². The minimum atomic E-state index is -0.843. The Labute approximate surface area is 145 Å². The molecular formula is C17H22N4O2S. The summed E-state index contributed by atoms with van der Waals surface area (Å²) in [6.45, 7) is 0.833. The van der Waals surface area contributed by atoms with Gasteiger partial charge in [0.2, 0.25) is 5.91 Å². The lowest BCUT2D eigenvalue weighted by Gasteiger charge is -2.42. The molecular weight excluding hydrogens is 324 g/mol. The maximum Gasteiger partial charge on any atom is 0.241 e. The molecule has 2 heterocycles. The van der Waals surface area contributed by atoms with Gasteiger partial charge in [0.05, 0.1) is 12.3 Å². The van der Waals surface area contributed by atoms with Gasteiger partial charge in [0.1, 0.15) is 6.04 Å². The lowest BCUT2D eigenvalue weighted by molar-refractivity contribution is -0.134. The van der Waals surface area contributed by atoms with Crippen molar-refractivity contribution in [2.75, 3.05) is 25.4 Å². The number of hydrogen-bond acceptors (Lipinski definition) is 6. The highest BCUT2D eigenvalue weighted by Gasteiger charge is 2.41. The van der Waals surface area contributed by atoms with E-state index in [4.69, 9.17) is 16.6 Å². The van der Waals surface area contributed by atoms with Gasteiger partial charge in [0.25, 0.3) is 0 Å². The molecule has 1 amide bonds. The first-order valence-electron chi connectivity index (χ1n) is 7.99. The van der Waals surface area contributed by atoms with Gasteiger partial charge in [-0.2, -0.15) is 0 Å². The molecule has 1 aromatic carbocycles. The van der Waals surface area contributed by atoms with Crippen LogP contribution >= 0.6 is 11.3 Å². The van der Waals surface area contributed by atoms with Crippen LogP contribution in [0.25, 0.3) is 0 Å². The number of nitrogens with two attached hydrogens (primary N) is 2. The number of piperidine rings is 1. The molecule has 0 saturated carbocycles. The minimum absolute atomic E-state index is 0.197. The van der Waals surface area contributed by atoms with Crippen LogP contribution in [0.5, 0.6) is 0 Å². The number of aromatic nitrogens is 1. The van der Waals surface area contributed by atoms with Crippen LogP contribution in [0.1, 0.15) is 24.1 Å². The number of aliphatic hydroxyl groups excluding tert-OH is 1. The molecule has 0 unspecified atom stereocenters. The average molecular weight is 346 g/mol. The van der Waals surface area contributed by atoms with Gasteiger partial charge >= 0.3 is 0 Å². The van der Waals surface area contributed by atoms with Crippen molar-refractivity contribution < 1.29 is 9.90 Å². The lowest BCUT2D eigenvalue weighted by Crippen LogP contribution is -2.51. The number of rotatable bonds is 4. The molecule has 7 heteroatoms. The SMILES string of the molecule is Nc1nc(C2(c3ccccc3)CCN(C(=O)[C@@H](N)CO)CC2)cs1. The topological polar surface area (TPSA) is 105 Å². The standard InChI is InChI=1S/C17H22N4O2S/c18-13(10-22)15(23)21-8-6-17(7-9-21,12-4-2-1-3-5-12)14-11-24-16(19)20-14/h1-5,11,13,22H,6-10,18H2,(H2,19,20)/t13-/m0/s1. The number of carbonyl (C=O) groups is 1. The summed E-state index contributed by atoms with van der Waals surface area (Å²) >= 11 is 1.44. The van der Waals surface area contributed by atoms with Crippen LogP contribution in [-0.4, -0.2) is 46.6 Å². The van der Waals surface area contributed by atoms with E-state index < -0.39 is 6.04 Å². The van der Waals surface area contributed by atoms with Gasteiger partial charge < -0.3 is 21.5 Å². The monoisotopic (exact) mass is 346 g/mol. The van der Waals surface area contributed by atoms with E-state index in [0.717, 1.165) is 18.5 Å². The van der Waals surface area contributed by atoms with Crippen LogP contribution in [-0.2, 0) is 10.2 Å². The van der Waals surface area contributed by atoms with E-state index in [-0.39, 0.29) is 17.9 Å².